The molecule has 0 bridgehead atoms. The quantitative estimate of drug-likeness (QED) is 0.549. The van der Waals surface area contributed by atoms with Crippen molar-refractivity contribution in [3.8, 4) is 0 Å². The molecule has 1 rings (SSSR count). The highest BCUT2D eigenvalue weighted by molar-refractivity contribution is 9.09. The van der Waals surface area contributed by atoms with E-state index < -0.39 is 13.0 Å². The van der Waals surface area contributed by atoms with Crippen LogP contribution in [0.4, 0.5) is 8.78 Å². The second kappa shape index (κ2) is 9.83. The molecule has 1 N–H and O–H groups in total. The van der Waals surface area contributed by atoms with Gasteiger partial charge in [-0.25, -0.2) is 8.78 Å². The van der Waals surface area contributed by atoms with Gasteiger partial charge < -0.3 is 10.1 Å². The average Bonchev–Trinajstić information content (AvgIpc) is 2.44. The van der Waals surface area contributed by atoms with Crippen LogP contribution in [0.3, 0.4) is 0 Å². The molecule has 0 fully saturated rings. The Bertz CT molecular complexity index is 390. The van der Waals surface area contributed by atoms with Crippen LogP contribution >= 0.6 is 15.9 Å². The van der Waals surface area contributed by atoms with Gasteiger partial charge in [0.15, 0.2) is 0 Å². The van der Waals surface area contributed by atoms with Crippen molar-refractivity contribution in [1.29, 1.82) is 0 Å². The molecule has 0 saturated carbocycles. The predicted octanol–water partition coefficient (Wildman–Crippen LogP) is 2.78. The maximum absolute atomic E-state index is 11.8. The fraction of sp³-hybridized carbons (Fsp3) is 0.500. The van der Waals surface area contributed by atoms with E-state index in [4.69, 9.17) is 0 Å². The second-order valence-corrected chi connectivity index (χ2v) is 4.97. The zero-order chi connectivity index (χ0) is 14.8. The summed E-state index contributed by atoms with van der Waals surface area (Å²) in [6.45, 7) is -0.615. The molecule has 6 heteroatoms. The number of benzene rings is 1. The van der Waals surface area contributed by atoms with Crippen LogP contribution in [0.15, 0.2) is 30.3 Å². The minimum atomic E-state index is -2.49. The summed E-state index contributed by atoms with van der Waals surface area (Å²) in [5.74, 6) is -0.195. The van der Waals surface area contributed by atoms with Gasteiger partial charge in [0.05, 0.1) is 6.61 Å². The molecule has 20 heavy (non-hydrogen) atoms. The van der Waals surface area contributed by atoms with Crippen LogP contribution in [0.1, 0.15) is 12.0 Å². The Hall–Kier alpha value is -1.01. The molecule has 1 unspecified atom stereocenters. The van der Waals surface area contributed by atoms with Crippen molar-refractivity contribution in [2.75, 3.05) is 18.5 Å². The summed E-state index contributed by atoms with van der Waals surface area (Å²) in [5.41, 5.74) is 1.13. The summed E-state index contributed by atoms with van der Waals surface area (Å²) >= 11 is 3.36. The standard InChI is InChI=1S/C14H18BrF2NO2/c15-9-12(8-11-4-2-1-3-5-11)18-14(19)6-7-20-10-13(16)17/h1-5,12-13H,6-10H2,(H,18,19). The van der Waals surface area contributed by atoms with Crippen LogP contribution in [0.25, 0.3) is 0 Å². The molecule has 1 aromatic carbocycles. The maximum atomic E-state index is 11.8. The Morgan fingerprint density at radius 3 is 2.60 bits per heavy atom. The normalized spacial score (nSPS) is 12.4. The first-order chi connectivity index (χ1) is 9.61. The first-order valence-electron chi connectivity index (χ1n) is 6.37. The fourth-order valence-electron chi connectivity index (χ4n) is 1.68. The third kappa shape index (κ3) is 7.55. The summed E-state index contributed by atoms with van der Waals surface area (Å²) in [6.07, 6.45) is -1.69. The zero-order valence-electron chi connectivity index (χ0n) is 11.0. The SMILES string of the molecule is O=C(CCOCC(F)F)NC(CBr)Cc1ccccc1. The number of rotatable bonds is 9. The molecule has 0 aliphatic carbocycles. The molecule has 0 aromatic heterocycles. The van der Waals surface area contributed by atoms with Gasteiger partial charge in [0.1, 0.15) is 6.61 Å². The van der Waals surface area contributed by atoms with E-state index in [9.17, 15) is 13.6 Å². The fourth-order valence-corrected chi connectivity index (χ4v) is 2.07. The molecular formula is C14H18BrF2NO2. The summed E-state index contributed by atoms with van der Waals surface area (Å²) in [4.78, 5) is 11.6. The van der Waals surface area contributed by atoms with Gasteiger partial charge in [0.25, 0.3) is 6.43 Å². The van der Waals surface area contributed by atoms with Gasteiger partial charge in [-0.05, 0) is 12.0 Å². The van der Waals surface area contributed by atoms with Crippen LogP contribution in [0, 0.1) is 0 Å². The van der Waals surface area contributed by atoms with E-state index in [0.29, 0.717) is 5.33 Å². The largest absolute Gasteiger partial charge is 0.375 e. The molecular weight excluding hydrogens is 332 g/mol. The van der Waals surface area contributed by atoms with Crippen molar-refractivity contribution < 1.29 is 18.3 Å². The molecule has 0 heterocycles. The van der Waals surface area contributed by atoms with Crippen LogP contribution in [0.5, 0.6) is 0 Å². The van der Waals surface area contributed by atoms with Crippen molar-refractivity contribution in [2.45, 2.75) is 25.3 Å². The van der Waals surface area contributed by atoms with Crippen LogP contribution in [0.2, 0.25) is 0 Å². The monoisotopic (exact) mass is 349 g/mol. The molecule has 3 nitrogen and oxygen atoms in total. The third-order valence-corrected chi connectivity index (χ3v) is 3.38. The smallest absolute Gasteiger partial charge is 0.261 e. The molecule has 0 aliphatic heterocycles. The van der Waals surface area contributed by atoms with E-state index in [0.717, 1.165) is 12.0 Å². The van der Waals surface area contributed by atoms with Crippen molar-refractivity contribution in [2.24, 2.45) is 0 Å². The minimum absolute atomic E-state index is 0.0104. The van der Waals surface area contributed by atoms with E-state index in [-0.39, 0.29) is 25.0 Å². The molecule has 112 valence electrons. The number of amides is 1. The number of nitrogens with one attached hydrogen (secondary N) is 1. The zero-order valence-corrected chi connectivity index (χ0v) is 12.6. The van der Waals surface area contributed by atoms with Crippen molar-refractivity contribution in [1.82, 2.24) is 5.32 Å². The van der Waals surface area contributed by atoms with Gasteiger partial charge in [0, 0.05) is 17.8 Å². The van der Waals surface area contributed by atoms with E-state index >= 15 is 0 Å². The Labute approximate surface area is 125 Å². The first-order valence-corrected chi connectivity index (χ1v) is 7.49. The van der Waals surface area contributed by atoms with E-state index in [1.807, 2.05) is 30.3 Å². The Morgan fingerprint density at radius 1 is 1.30 bits per heavy atom. The highest BCUT2D eigenvalue weighted by Crippen LogP contribution is 2.05. The lowest BCUT2D eigenvalue weighted by molar-refractivity contribution is -0.123. The van der Waals surface area contributed by atoms with Gasteiger partial charge in [0.2, 0.25) is 5.91 Å². The lowest BCUT2D eigenvalue weighted by Gasteiger charge is -2.16. The number of ether oxygens (including phenoxy) is 1. The van der Waals surface area contributed by atoms with E-state index in [2.05, 4.69) is 26.0 Å². The highest BCUT2D eigenvalue weighted by Gasteiger charge is 2.12. The number of halogens is 3. The van der Waals surface area contributed by atoms with Crippen LogP contribution < -0.4 is 5.32 Å². The number of carbonyl (C=O) groups is 1. The molecule has 0 radical (unpaired) electrons. The van der Waals surface area contributed by atoms with Gasteiger partial charge in [-0.2, -0.15) is 0 Å². The first kappa shape index (κ1) is 17.0. The van der Waals surface area contributed by atoms with Gasteiger partial charge in [-0.3, -0.25) is 4.79 Å². The van der Waals surface area contributed by atoms with Gasteiger partial charge in [-0.1, -0.05) is 46.3 Å². The van der Waals surface area contributed by atoms with Crippen LogP contribution in [-0.4, -0.2) is 36.9 Å². The van der Waals surface area contributed by atoms with Crippen molar-refractivity contribution in [3.63, 3.8) is 0 Å². The van der Waals surface area contributed by atoms with E-state index in [1.54, 1.807) is 0 Å². The Balaban J connectivity index is 2.27. The minimum Gasteiger partial charge on any atom is -0.375 e. The molecule has 1 aromatic rings. The topological polar surface area (TPSA) is 38.3 Å². The molecule has 0 spiro atoms. The highest BCUT2D eigenvalue weighted by atomic mass is 79.9. The summed E-state index contributed by atoms with van der Waals surface area (Å²) < 4.78 is 28.3. The van der Waals surface area contributed by atoms with Crippen molar-refractivity contribution >= 4 is 21.8 Å². The number of alkyl halides is 3. The number of hydrogen-bond donors (Lipinski definition) is 1. The summed E-state index contributed by atoms with van der Waals surface area (Å²) in [5, 5.41) is 3.48. The Morgan fingerprint density at radius 2 is 2.00 bits per heavy atom. The molecule has 1 amide bonds. The number of carbonyl (C=O) groups excluding carboxylic acids is 1. The second-order valence-electron chi connectivity index (χ2n) is 4.32. The lowest BCUT2D eigenvalue weighted by atomic mass is 10.1. The molecule has 0 saturated heterocycles. The lowest BCUT2D eigenvalue weighted by Crippen LogP contribution is -2.38. The van der Waals surface area contributed by atoms with Crippen LogP contribution in [-0.2, 0) is 16.0 Å². The Kier molecular flexibility index (Phi) is 8.37. The predicted molar refractivity (Wildman–Crippen MR) is 77.3 cm³/mol. The third-order valence-electron chi connectivity index (χ3n) is 2.59. The summed E-state index contributed by atoms with van der Waals surface area (Å²) in [7, 11) is 0. The van der Waals surface area contributed by atoms with E-state index in [1.165, 1.54) is 0 Å². The maximum Gasteiger partial charge on any atom is 0.261 e. The van der Waals surface area contributed by atoms with Gasteiger partial charge in [-0.15, -0.1) is 0 Å². The summed E-state index contributed by atoms with van der Waals surface area (Å²) in [6, 6.07) is 9.79. The molecule has 1 atom stereocenters. The average molecular weight is 350 g/mol. The number of hydrogen-bond acceptors (Lipinski definition) is 2. The van der Waals surface area contributed by atoms with Gasteiger partial charge >= 0.3 is 0 Å². The van der Waals surface area contributed by atoms with Crippen molar-refractivity contribution in [3.05, 3.63) is 35.9 Å². The molecule has 0 aliphatic rings.